The maximum absolute atomic E-state index is 14.0. The Morgan fingerprint density at radius 3 is 2.85 bits per heavy atom. The summed E-state index contributed by atoms with van der Waals surface area (Å²) >= 11 is 0. The molecule has 7 heteroatoms. The predicted molar refractivity (Wildman–Crippen MR) is 97.4 cm³/mol. The van der Waals surface area contributed by atoms with Crippen LogP contribution in [0.25, 0.3) is 22.2 Å². The molecule has 4 aromatic rings. The van der Waals surface area contributed by atoms with Crippen molar-refractivity contribution >= 4 is 16.7 Å². The average molecular weight is 349 g/mol. The van der Waals surface area contributed by atoms with Gasteiger partial charge in [-0.3, -0.25) is 0 Å². The van der Waals surface area contributed by atoms with Crippen LogP contribution in [-0.4, -0.2) is 27.4 Å². The van der Waals surface area contributed by atoms with Gasteiger partial charge in [0.25, 0.3) is 0 Å². The standard InChI is InChI=1S/C19H16FN5O/c1-21-19-18(23-25-24-19)13-8-14(20)10-16(9-13)26-11-15-7-6-12-4-2-3-5-17(12)22-15/h2-10H,11H2,1H3,(H2,21,23,24,25). The molecular weight excluding hydrogens is 333 g/mol. The molecule has 2 heterocycles. The van der Waals surface area contributed by atoms with Gasteiger partial charge in [0.2, 0.25) is 0 Å². The number of H-pyrrole nitrogens is 1. The molecule has 0 aliphatic rings. The van der Waals surface area contributed by atoms with Gasteiger partial charge in [-0.05, 0) is 24.3 Å². The van der Waals surface area contributed by atoms with Crippen LogP contribution in [0.15, 0.2) is 54.6 Å². The summed E-state index contributed by atoms with van der Waals surface area (Å²) in [4.78, 5) is 4.56. The van der Waals surface area contributed by atoms with Gasteiger partial charge in [0.15, 0.2) is 5.82 Å². The molecule has 0 spiro atoms. The Morgan fingerprint density at radius 1 is 1.08 bits per heavy atom. The van der Waals surface area contributed by atoms with Crippen molar-refractivity contribution in [1.82, 2.24) is 20.4 Å². The van der Waals surface area contributed by atoms with Crippen molar-refractivity contribution in [2.24, 2.45) is 0 Å². The summed E-state index contributed by atoms with van der Waals surface area (Å²) in [5, 5.41) is 14.5. The maximum atomic E-state index is 14.0. The van der Waals surface area contributed by atoms with Crippen LogP contribution in [0.4, 0.5) is 10.2 Å². The number of ether oxygens (including phenoxy) is 1. The summed E-state index contributed by atoms with van der Waals surface area (Å²) in [6.45, 7) is 0.241. The van der Waals surface area contributed by atoms with E-state index in [4.69, 9.17) is 4.74 Å². The molecule has 4 rings (SSSR count). The van der Waals surface area contributed by atoms with E-state index >= 15 is 0 Å². The molecule has 0 atom stereocenters. The number of aromatic amines is 1. The lowest BCUT2D eigenvalue weighted by Gasteiger charge is -2.09. The van der Waals surface area contributed by atoms with Crippen molar-refractivity contribution in [2.75, 3.05) is 12.4 Å². The highest BCUT2D eigenvalue weighted by molar-refractivity contribution is 5.78. The quantitative estimate of drug-likeness (QED) is 0.573. The first-order valence-corrected chi connectivity index (χ1v) is 8.10. The van der Waals surface area contributed by atoms with E-state index in [9.17, 15) is 4.39 Å². The molecule has 0 aliphatic heterocycles. The number of para-hydroxylation sites is 1. The van der Waals surface area contributed by atoms with Gasteiger partial charge in [-0.2, -0.15) is 10.3 Å². The van der Waals surface area contributed by atoms with E-state index in [0.29, 0.717) is 22.8 Å². The van der Waals surface area contributed by atoms with E-state index in [2.05, 4.69) is 25.7 Å². The topological polar surface area (TPSA) is 75.7 Å². The Bertz CT molecular complexity index is 1060. The van der Waals surface area contributed by atoms with Crippen LogP contribution in [0.1, 0.15) is 5.69 Å². The van der Waals surface area contributed by atoms with Crippen molar-refractivity contribution in [2.45, 2.75) is 6.61 Å². The van der Waals surface area contributed by atoms with E-state index in [1.807, 2.05) is 36.4 Å². The van der Waals surface area contributed by atoms with Gasteiger partial charge in [-0.1, -0.05) is 24.3 Å². The fourth-order valence-electron chi connectivity index (χ4n) is 2.74. The number of nitrogens with zero attached hydrogens (tertiary/aromatic N) is 3. The minimum absolute atomic E-state index is 0.241. The number of benzene rings is 2. The highest BCUT2D eigenvalue weighted by Gasteiger charge is 2.12. The van der Waals surface area contributed by atoms with Gasteiger partial charge in [0.05, 0.1) is 11.2 Å². The molecule has 6 nitrogen and oxygen atoms in total. The predicted octanol–water partition coefficient (Wildman–Crippen LogP) is 3.78. The van der Waals surface area contributed by atoms with Crippen molar-refractivity contribution in [3.05, 3.63) is 66.1 Å². The number of rotatable bonds is 5. The van der Waals surface area contributed by atoms with Crippen LogP contribution in [0, 0.1) is 5.82 Å². The van der Waals surface area contributed by atoms with Gasteiger partial charge in [0, 0.05) is 24.1 Å². The highest BCUT2D eigenvalue weighted by atomic mass is 19.1. The molecular formula is C19H16FN5O. The number of hydrogen-bond donors (Lipinski definition) is 2. The largest absolute Gasteiger partial charge is 0.487 e. The second-order valence-corrected chi connectivity index (χ2v) is 5.73. The van der Waals surface area contributed by atoms with E-state index in [0.717, 1.165) is 16.6 Å². The van der Waals surface area contributed by atoms with Gasteiger partial charge in [-0.25, -0.2) is 9.37 Å². The molecule has 0 aliphatic carbocycles. The zero-order valence-corrected chi connectivity index (χ0v) is 14.0. The molecule has 2 aromatic heterocycles. The van der Waals surface area contributed by atoms with Gasteiger partial charge < -0.3 is 10.1 Å². The smallest absolute Gasteiger partial charge is 0.176 e. The first kappa shape index (κ1) is 16.0. The molecule has 0 unspecified atom stereocenters. The normalized spacial score (nSPS) is 10.8. The van der Waals surface area contributed by atoms with Crippen LogP contribution in [0.2, 0.25) is 0 Å². The van der Waals surface area contributed by atoms with Crippen molar-refractivity contribution in [1.29, 1.82) is 0 Å². The van der Waals surface area contributed by atoms with E-state index in [1.165, 1.54) is 12.1 Å². The molecule has 26 heavy (non-hydrogen) atoms. The Morgan fingerprint density at radius 2 is 1.96 bits per heavy atom. The Balaban J connectivity index is 1.58. The number of halogens is 1. The molecule has 2 N–H and O–H groups in total. The van der Waals surface area contributed by atoms with E-state index < -0.39 is 5.82 Å². The van der Waals surface area contributed by atoms with Crippen LogP contribution < -0.4 is 10.1 Å². The molecule has 0 saturated heterocycles. The number of fused-ring (bicyclic) bond motifs is 1. The Hall–Kier alpha value is -3.48. The maximum Gasteiger partial charge on any atom is 0.176 e. The Labute approximate surface area is 149 Å². The van der Waals surface area contributed by atoms with Gasteiger partial charge in [0.1, 0.15) is 23.9 Å². The van der Waals surface area contributed by atoms with Crippen molar-refractivity contribution in [3.8, 4) is 17.0 Å². The fraction of sp³-hybridized carbons (Fsp3) is 0.105. The lowest BCUT2D eigenvalue weighted by Crippen LogP contribution is -1.99. The van der Waals surface area contributed by atoms with Crippen molar-refractivity contribution in [3.63, 3.8) is 0 Å². The summed E-state index contributed by atoms with van der Waals surface area (Å²) in [6.07, 6.45) is 0. The second-order valence-electron chi connectivity index (χ2n) is 5.73. The van der Waals surface area contributed by atoms with Gasteiger partial charge >= 0.3 is 0 Å². The minimum Gasteiger partial charge on any atom is -0.487 e. The van der Waals surface area contributed by atoms with Crippen LogP contribution >= 0.6 is 0 Å². The third kappa shape index (κ3) is 3.19. The van der Waals surface area contributed by atoms with Crippen molar-refractivity contribution < 1.29 is 9.13 Å². The lowest BCUT2D eigenvalue weighted by atomic mass is 10.1. The SMILES string of the molecule is CNc1n[nH]nc1-c1cc(F)cc(OCc2ccc3ccccc3n2)c1. The molecule has 0 radical (unpaired) electrons. The molecule has 0 saturated carbocycles. The minimum atomic E-state index is -0.408. The average Bonchev–Trinajstić information content (AvgIpc) is 3.15. The highest BCUT2D eigenvalue weighted by Crippen LogP contribution is 2.28. The summed E-state index contributed by atoms with van der Waals surface area (Å²) < 4.78 is 19.8. The second kappa shape index (κ2) is 6.79. The van der Waals surface area contributed by atoms with Gasteiger partial charge in [-0.15, -0.1) is 5.10 Å². The monoisotopic (exact) mass is 349 g/mol. The fourth-order valence-corrected chi connectivity index (χ4v) is 2.74. The third-order valence-corrected chi connectivity index (χ3v) is 3.97. The lowest BCUT2D eigenvalue weighted by molar-refractivity contribution is 0.300. The molecule has 2 aromatic carbocycles. The number of nitrogens with one attached hydrogen (secondary N) is 2. The molecule has 130 valence electrons. The first-order chi connectivity index (χ1) is 12.7. The zero-order chi connectivity index (χ0) is 17.9. The number of aromatic nitrogens is 4. The van der Waals surface area contributed by atoms with Crippen LogP contribution in [0.5, 0.6) is 5.75 Å². The number of pyridine rings is 1. The number of anilines is 1. The summed E-state index contributed by atoms with van der Waals surface area (Å²) in [5.74, 6) is 0.534. The van der Waals surface area contributed by atoms with E-state index in [1.54, 1.807) is 13.1 Å². The zero-order valence-electron chi connectivity index (χ0n) is 14.0. The van der Waals surface area contributed by atoms with Crippen LogP contribution in [-0.2, 0) is 6.61 Å². The molecule has 0 bridgehead atoms. The number of hydrogen-bond acceptors (Lipinski definition) is 5. The summed E-state index contributed by atoms with van der Waals surface area (Å²) in [5.41, 5.74) is 2.77. The third-order valence-electron chi connectivity index (χ3n) is 3.97. The molecule has 0 fully saturated rings. The summed E-state index contributed by atoms with van der Waals surface area (Å²) in [7, 11) is 1.73. The summed E-state index contributed by atoms with van der Waals surface area (Å²) in [6, 6.07) is 16.2. The molecule has 0 amide bonds. The van der Waals surface area contributed by atoms with E-state index in [-0.39, 0.29) is 6.61 Å². The first-order valence-electron chi connectivity index (χ1n) is 8.10. The Kier molecular flexibility index (Phi) is 4.18. The van der Waals surface area contributed by atoms with Crippen LogP contribution in [0.3, 0.4) is 0 Å².